The van der Waals surface area contributed by atoms with Crippen molar-refractivity contribution in [3.8, 4) is 5.75 Å². The zero-order chi connectivity index (χ0) is 39.0. The number of carbonyl (C=O) groups is 4. The Morgan fingerprint density at radius 3 is 2.46 bits per heavy atom. The summed E-state index contributed by atoms with van der Waals surface area (Å²) in [5, 5.41) is 24.1. The van der Waals surface area contributed by atoms with Crippen molar-refractivity contribution >= 4 is 46.6 Å². The van der Waals surface area contributed by atoms with E-state index in [1.807, 2.05) is 17.2 Å². The van der Waals surface area contributed by atoms with Crippen LogP contribution in [-0.4, -0.2) is 124 Å². The fourth-order valence-electron chi connectivity index (χ4n) is 6.43. The van der Waals surface area contributed by atoms with Crippen LogP contribution >= 0.6 is 0 Å². The smallest absolute Gasteiger partial charge is 0.320 e. The number of carboxylic acids is 2. The Kier molecular flexibility index (Phi) is 16.3. The average Bonchev–Trinajstić information content (AvgIpc) is 3.55. The molecule has 3 heterocycles. The number of ether oxygens (including phenoxy) is 2. The average molecular weight is 754 g/mol. The largest absolute Gasteiger partial charge is 0.496 e. The third-order valence-corrected chi connectivity index (χ3v) is 9.47. The van der Waals surface area contributed by atoms with E-state index in [0.717, 1.165) is 79.2 Å². The number of aliphatic carboxylic acids is 2. The number of piperazine rings is 1. The maximum Gasteiger partial charge on any atom is 0.320 e. The number of nitrogens with zero attached hydrogens (tertiary/aromatic N) is 5. The molecule has 1 aromatic carbocycles. The second-order valence-electron chi connectivity index (χ2n) is 13.5. The summed E-state index contributed by atoms with van der Waals surface area (Å²) in [6.45, 7) is 7.38. The Morgan fingerprint density at radius 1 is 0.981 bits per heavy atom. The van der Waals surface area contributed by atoms with Crippen LogP contribution in [0.4, 0.5) is 11.8 Å². The number of carboxylic acid groups (broad SMARTS) is 2. The molecule has 54 heavy (non-hydrogen) atoms. The van der Waals surface area contributed by atoms with Crippen LogP contribution in [0.2, 0.25) is 0 Å². The third kappa shape index (κ3) is 12.6. The normalized spacial score (nSPS) is 14.5. The number of hydrogen-bond donors (Lipinski definition) is 6. The fraction of sp³-hybridized carbons (Fsp3) is 0.568. The van der Waals surface area contributed by atoms with Crippen molar-refractivity contribution < 1.29 is 38.9 Å². The van der Waals surface area contributed by atoms with Gasteiger partial charge in [0.05, 0.1) is 45.2 Å². The minimum Gasteiger partial charge on any atom is -0.496 e. The second kappa shape index (κ2) is 21.0. The van der Waals surface area contributed by atoms with Gasteiger partial charge in [0, 0.05) is 63.5 Å². The van der Waals surface area contributed by atoms with E-state index in [0.29, 0.717) is 19.6 Å². The number of nitrogens with one attached hydrogen (secondary N) is 2. The molecule has 0 unspecified atom stereocenters. The van der Waals surface area contributed by atoms with E-state index in [-0.39, 0.29) is 50.9 Å². The first kappa shape index (κ1) is 41.8. The molecule has 2 amide bonds. The van der Waals surface area contributed by atoms with Gasteiger partial charge in [-0.2, -0.15) is 4.98 Å². The summed E-state index contributed by atoms with van der Waals surface area (Å²) in [6.07, 6.45) is 5.09. The molecule has 1 fully saturated rings. The van der Waals surface area contributed by atoms with Gasteiger partial charge in [-0.15, -0.1) is 0 Å². The quantitative estimate of drug-likeness (QED) is 0.0761. The molecule has 2 atom stereocenters. The standard InChI is InChI=1S/C37H55N9O8/c1-3-4-5-12-40-34-33-29(42-37(39)43-34)10-14-46(33)24-27-7-6-25(21-30(27)53-2)23-44-15-17-45(18-16-44)31(47)11-19-54-20-13-41-35(50)26(22-32(48)49)8-9-28(38)36(51)52/h6-7,10,14,21,26,28H,3-5,8-9,11-13,15-20,22-24,38H2,1-2H3,(H,41,50)(H,48,49)(H,51,52)(H3,39,40,42,43)/t26-,28+/m1/s1. The van der Waals surface area contributed by atoms with Crippen LogP contribution < -0.4 is 26.8 Å². The summed E-state index contributed by atoms with van der Waals surface area (Å²) in [7, 11) is 1.67. The molecule has 1 aliphatic rings. The third-order valence-electron chi connectivity index (χ3n) is 9.47. The molecule has 0 aliphatic carbocycles. The Bertz CT molecular complexity index is 1710. The van der Waals surface area contributed by atoms with E-state index in [1.54, 1.807) is 7.11 Å². The number of fused-ring (bicyclic) bond motifs is 1. The van der Waals surface area contributed by atoms with Crippen molar-refractivity contribution in [3.63, 3.8) is 0 Å². The van der Waals surface area contributed by atoms with Crippen LogP contribution in [0.15, 0.2) is 30.5 Å². The van der Waals surface area contributed by atoms with Crippen LogP contribution in [0.25, 0.3) is 11.0 Å². The Labute approximate surface area is 315 Å². The first-order valence-corrected chi connectivity index (χ1v) is 18.6. The highest BCUT2D eigenvalue weighted by Crippen LogP contribution is 2.28. The Hall–Kier alpha value is -5.00. The maximum atomic E-state index is 12.8. The van der Waals surface area contributed by atoms with Gasteiger partial charge < -0.3 is 51.3 Å². The number of amides is 2. The molecule has 4 rings (SSSR count). The summed E-state index contributed by atoms with van der Waals surface area (Å²) in [5.41, 5.74) is 15.3. The molecule has 1 aliphatic heterocycles. The lowest BCUT2D eigenvalue weighted by Crippen LogP contribution is -2.48. The minimum atomic E-state index is -1.21. The number of carbonyl (C=O) groups excluding carboxylic acids is 2. The maximum absolute atomic E-state index is 12.8. The molecule has 8 N–H and O–H groups in total. The molecule has 0 bridgehead atoms. The van der Waals surface area contributed by atoms with Crippen LogP contribution in [0.1, 0.15) is 63.0 Å². The predicted octanol–water partition coefficient (Wildman–Crippen LogP) is 2.12. The molecule has 296 valence electrons. The van der Waals surface area contributed by atoms with E-state index >= 15 is 0 Å². The van der Waals surface area contributed by atoms with Crippen LogP contribution in [0.5, 0.6) is 5.75 Å². The van der Waals surface area contributed by atoms with Gasteiger partial charge in [-0.25, -0.2) is 4.98 Å². The van der Waals surface area contributed by atoms with Crippen molar-refractivity contribution in [1.82, 2.24) is 29.7 Å². The number of rotatable bonds is 23. The predicted molar refractivity (Wildman–Crippen MR) is 203 cm³/mol. The first-order chi connectivity index (χ1) is 26.0. The summed E-state index contributed by atoms with van der Waals surface area (Å²) < 4.78 is 13.5. The van der Waals surface area contributed by atoms with Gasteiger partial charge in [-0.05, 0) is 37.0 Å². The van der Waals surface area contributed by atoms with E-state index in [4.69, 9.17) is 31.2 Å². The SMILES string of the molecule is CCCCCNc1nc(N)nc2ccn(Cc3ccc(CN4CCN(C(=O)CCOCCNC(=O)[C@H](CC[C@H](N)C(=O)O)CC(=O)O)CC4)cc3OC)c12. The lowest BCUT2D eigenvalue weighted by atomic mass is 9.96. The Morgan fingerprint density at radius 2 is 1.76 bits per heavy atom. The molecule has 0 spiro atoms. The van der Waals surface area contributed by atoms with Gasteiger partial charge in [-0.3, -0.25) is 24.1 Å². The fourth-order valence-corrected chi connectivity index (χ4v) is 6.43. The van der Waals surface area contributed by atoms with Crippen molar-refractivity contribution in [1.29, 1.82) is 0 Å². The van der Waals surface area contributed by atoms with E-state index in [2.05, 4.69) is 55.2 Å². The van der Waals surface area contributed by atoms with Crippen LogP contribution in [-0.2, 0) is 37.0 Å². The highest BCUT2D eigenvalue weighted by Gasteiger charge is 2.25. The minimum absolute atomic E-state index is 0.00839. The van der Waals surface area contributed by atoms with Gasteiger partial charge >= 0.3 is 11.9 Å². The molecule has 17 heteroatoms. The number of nitrogen functional groups attached to an aromatic ring is 1. The van der Waals surface area contributed by atoms with Crippen LogP contribution in [0.3, 0.4) is 0 Å². The topological polar surface area (TPSA) is 240 Å². The summed E-state index contributed by atoms with van der Waals surface area (Å²) in [6, 6.07) is 7.04. The van der Waals surface area contributed by atoms with Gasteiger partial charge in [0.25, 0.3) is 0 Å². The summed E-state index contributed by atoms with van der Waals surface area (Å²) >= 11 is 0. The molecular formula is C37H55N9O8. The lowest BCUT2D eigenvalue weighted by molar-refractivity contribution is -0.141. The summed E-state index contributed by atoms with van der Waals surface area (Å²) in [5.74, 6) is -2.03. The lowest BCUT2D eigenvalue weighted by Gasteiger charge is -2.35. The van der Waals surface area contributed by atoms with Gasteiger partial charge in [-0.1, -0.05) is 31.9 Å². The van der Waals surface area contributed by atoms with Crippen molar-refractivity contribution in [2.24, 2.45) is 11.7 Å². The molecule has 2 aromatic heterocycles. The number of anilines is 2. The van der Waals surface area contributed by atoms with E-state index in [9.17, 15) is 19.2 Å². The number of methoxy groups -OCH3 is 1. The monoisotopic (exact) mass is 753 g/mol. The Balaban J connectivity index is 1.19. The molecule has 17 nitrogen and oxygen atoms in total. The van der Waals surface area contributed by atoms with E-state index in [1.165, 1.54) is 0 Å². The van der Waals surface area contributed by atoms with Crippen LogP contribution in [0, 0.1) is 5.92 Å². The van der Waals surface area contributed by atoms with Crippen molar-refractivity contribution in [2.75, 3.05) is 70.6 Å². The molecule has 1 saturated heterocycles. The van der Waals surface area contributed by atoms with Gasteiger partial charge in [0.2, 0.25) is 17.8 Å². The zero-order valence-corrected chi connectivity index (χ0v) is 31.3. The second-order valence-corrected chi connectivity index (χ2v) is 13.5. The molecule has 0 radical (unpaired) electrons. The zero-order valence-electron chi connectivity index (χ0n) is 31.3. The number of benzene rings is 1. The van der Waals surface area contributed by atoms with Gasteiger partial charge in [0.15, 0.2) is 5.82 Å². The number of nitrogens with two attached hydrogens (primary N) is 2. The number of hydrogen-bond acceptors (Lipinski definition) is 12. The first-order valence-electron chi connectivity index (χ1n) is 18.6. The highest BCUT2D eigenvalue weighted by molar-refractivity contribution is 5.87. The molecule has 3 aromatic rings. The highest BCUT2D eigenvalue weighted by atomic mass is 16.5. The van der Waals surface area contributed by atoms with Crippen molar-refractivity contribution in [2.45, 2.75) is 71.0 Å². The molecule has 0 saturated carbocycles. The van der Waals surface area contributed by atoms with Crippen molar-refractivity contribution in [3.05, 3.63) is 41.6 Å². The number of aromatic nitrogens is 3. The number of unbranched alkanes of at least 4 members (excludes halogenated alkanes) is 2. The van der Waals surface area contributed by atoms with Gasteiger partial charge in [0.1, 0.15) is 17.3 Å². The molecular weight excluding hydrogens is 698 g/mol. The summed E-state index contributed by atoms with van der Waals surface area (Å²) in [4.78, 5) is 60.5. The van der Waals surface area contributed by atoms with E-state index < -0.39 is 36.2 Å².